The van der Waals surface area contributed by atoms with Crippen molar-refractivity contribution in [1.29, 1.82) is 0 Å². The van der Waals surface area contributed by atoms with Crippen LogP contribution in [-0.2, 0) is 0 Å². The summed E-state index contributed by atoms with van der Waals surface area (Å²) in [6, 6.07) is 5.90. The minimum Gasteiger partial charge on any atom is -0.396 e. The first-order valence-electron chi connectivity index (χ1n) is 6.07. The average molecular weight is 235 g/mol. The first kappa shape index (κ1) is 13.7. The molecular formula is C14H21NO2. The molecule has 3 nitrogen and oxygen atoms in total. The summed E-state index contributed by atoms with van der Waals surface area (Å²) >= 11 is 0. The molecule has 1 rings (SSSR count). The van der Waals surface area contributed by atoms with Crippen molar-refractivity contribution in [3.63, 3.8) is 0 Å². The third kappa shape index (κ3) is 3.86. The second-order valence-electron chi connectivity index (χ2n) is 4.41. The number of nitrogens with one attached hydrogen (secondary N) is 1. The lowest BCUT2D eigenvalue weighted by molar-refractivity contribution is 0.0928. The van der Waals surface area contributed by atoms with Crippen molar-refractivity contribution < 1.29 is 9.90 Å². The zero-order valence-corrected chi connectivity index (χ0v) is 10.8. The Hall–Kier alpha value is -1.35. The summed E-state index contributed by atoms with van der Waals surface area (Å²) in [6.45, 7) is 6.01. The highest BCUT2D eigenvalue weighted by Crippen LogP contribution is 2.11. The van der Waals surface area contributed by atoms with Crippen molar-refractivity contribution in [1.82, 2.24) is 5.32 Å². The van der Waals surface area contributed by atoms with E-state index in [0.717, 1.165) is 23.1 Å². The van der Waals surface area contributed by atoms with E-state index in [4.69, 9.17) is 5.11 Å². The molecule has 1 aromatic rings. The van der Waals surface area contributed by atoms with E-state index in [9.17, 15) is 4.79 Å². The van der Waals surface area contributed by atoms with Crippen LogP contribution in [0.3, 0.4) is 0 Å². The summed E-state index contributed by atoms with van der Waals surface area (Å²) in [5.41, 5.74) is 2.78. The first-order chi connectivity index (χ1) is 8.08. The van der Waals surface area contributed by atoms with Crippen molar-refractivity contribution in [2.75, 3.05) is 6.61 Å². The Balaban J connectivity index is 2.78. The van der Waals surface area contributed by atoms with Gasteiger partial charge in [0.1, 0.15) is 0 Å². The number of carbonyl (C=O) groups excluding carboxylic acids is 1. The van der Waals surface area contributed by atoms with Crippen LogP contribution in [0.5, 0.6) is 0 Å². The van der Waals surface area contributed by atoms with Gasteiger partial charge >= 0.3 is 0 Å². The van der Waals surface area contributed by atoms with Gasteiger partial charge in [-0.25, -0.2) is 0 Å². The van der Waals surface area contributed by atoms with Crippen LogP contribution in [0.4, 0.5) is 0 Å². The molecule has 0 heterocycles. The van der Waals surface area contributed by atoms with Crippen molar-refractivity contribution in [3.8, 4) is 0 Å². The monoisotopic (exact) mass is 235 g/mol. The highest BCUT2D eigenvalue weighted by Gasteiger charge is 2.13. The molecule has 0 aromatic heterocycles. The molecule has 1 atom stereocenters. The topological polar surface area (TPSA) is 49.3 Å². The Kier molecular flexibility index (Phi) is 5.16. The van der Waals surface area contributed by atoms with E-state index in [0.29, 0.717) is 6.42 Å². The maximum Gasteiger partial charge on any atom is 0.251 e. The Morgan fingerprint density at radius 2 is 2.12 bits per heavy atom. The highest BCUT2D eigenvalue weighted by atomic mass is 16.3. The van der Waals surface area contributed by atoms with Crippen LogP contribution in [0.25, 0.3) is 0 Å². The summed E-state index contributed by atoms with van der Waals surface area (Å²) in [5.74, 6) is -0.0495. The van der Waals surface area contributed by atoms with Crippen LogP contribution in [0.1, 0.15) is 41.3 Å². The lowest BCUT2D eigenvalue weighted by Gasteiger charge is -2.16. The van der Waals surface area contributed by atoms with Gasteiger partial charge in [0.25, 0.3) is 5.91 Å². The van der Waals surface area contributed by atoms with Crippen molar-refractivity contribution >= 4 is 5.91 Å². The van der Waals surface area contributed by atoms with Gasteiger partial charge in [0.15, 0.2) is 0 Å². The molecule has 0 saturated carbocycles. The zero-order chi connectivity index (χ0) is 12.8. The van der Waals surface area contributed by atoms with Crippen LogP contribution in [0.2, 0.25) is 0 Å². The quantitative estimate of drug-likeness (QED) is 0.822. The maximum absolute atomic E-state index is 12.1. The number of benzene rings is 1. The molecule has 0 radical (unpaired) electrons. The molecule has 3 heteroatoms. The lowest BCUT2D eigenvalue weighted by atomic mass is 10.0. The van der Waals surface area contributed by atoms with Gasteiger partial charge in [-0.2, -0.15) is 0 Å². The molecule has 1 unspecified atom stereocenters. The molecule has 0 aliphatic rings. The largest absolute Gasteiger partial charge is 0.396 e. The van der Waals surface area contributed by atoms with E-state index in [1.165, 1.54) is 0 Å². The molecule has 0 bridgehead atoms. The minimum absolute atomic E-state index is 0.0485. The Labute approximate surface area is 103 Å². The van der Waals surface area contributed by atoms with Gasteiger partial charge in [-0.05, 0) is 38.3 Å². The van der Waals surface area contributed by atoms with Crippen molar-refractivity contribution in [2.45, 2.75) is 39.7 Å². The number of carbonyl (C=O) groups is 1. The zero-order valence-electron chi connectivity index (χ0n) is 10.8. The number of aryl methyl sites for hydroxylation is 2. The van der Waals surface area contributed by atoms with Gasteiger partial charge in [-0.15, -0.1) is 0 Å². The average Bonchev–Trinajstić information content (AvgIpc) is 2.31. The fourth-order valence-electron chi connectivity index (χ4n) is 1.78. The second-order valence-corrected chi connectivity index (χ2v) is 4.41. The van der Waals surface area contributed by atoms with E-state index in [-0.39, 0.29) is 18.6 Å². The normalized spacial score (nSPS) is 12.2. The van der Waals surface area contributed by atoms with Gasteiger partial charge in [-0.1, -0.05) is 24.6 Å². The standard InChI is InChI=1S/C14H21NO2/c1-4-12(7-8-16)15-14(17)13-9-10(2)5-6-11(13)3/h5-6,9,12,16H,4,7-8H2,1-3H3,(H,15,17). The van der Waals surface area contributed by atoms with Crippen molar-refractivity contribution in [3.05, 3.63) is 34.9 Å². The van der Waals surface area contributed by atoms with Gasteiger partial charge in [0, 0.05) is 18.2 Å². The van der Waals surface area contributed by atoms with E-state index in [1.54, 1.807) is 0 Å². The van der Waals surface area contributed by atoms with E-state index >= 15 is 0 Å². The summed E-state index contributed by atoms with van der Waals surface area (Å²) < 4.78 is 0. The SMILES string of the molecule is CCC(CCO)NC(=O)c1cc(C)ccc1C. The maximum atomic E-state index is 12.1. The van der Waals surface area contributed by atoms with E-state index in [2.05, 4.69) is 5.32 Å². The number of hydrogen-bond donors (Lipinski definition) is 2. The third-order valence-electron chi connectivity index (χ3n) is 2.94. The Morgan fingerprint density at radius 3 is 2.71 bits per heavy atom. The fraction of sp³-hybridized carbons (Fsp3) is 0.500. The van der Waals surface area contributed by atoms with E-state index < -0.39 is 0 Å². The number of aliphatic hydroxyl groups is 1. The molecule has 94 valence electrons. The Morgan fingerprint density at radius 1 is 1.41 bits per heavy atom. The molecular weight excluding hydrogens is 214 g/mol. The highest BCUT2D eigenvalue weighted by molar-refractivity contribution is 5.96. The number of rotatable bonds is 5. The summed E-state index contributed by atoms with van der Waals surface area (Å²) in [7, 11) is 0. The van der Waals surface area contributed by atoms with Crippen LogP contribution < -0.4 is 5.32 Å². The molecule has 1 amide bonds. The fourth-order valence-corrected chi connectivity index (χ4v) is 1.78. The molecule has 2 N–H and O–H groups in total. The van der Waals surface area contributed by atoms with Gasteiger partial charge in [0.2, 0.25) is 0 Å². The van der Waals surface area contributed by atoms with E-state index in [1.807, 2.05) is 39.0 Å². The minimum atomic E-state index is -0.0495. The molecule has 0 fully saturated rings. The second kappa shape index (κ2) is 6.40. The van der Waals surface area contributed by atoms with Gasteiger partial charge in [0.05, 0.1) is 0 Å². The summed E-state index contributed by atoms with van der Waals surface area (Å²) in [6.07, 6.45) is 1.43. The molecule has 0 aliphatic heterocycles. The molecule has 1 aromatic carbocycles. The predicted molar refractivity (Wildman–Crippen MR) is 69.2 cm³/mol. The third-order valence-corrected chi connectivity index (χ3v) is 2.94. The van der Waals surface area contributed by atoms with Crippen LogP contribution in [0.15, 0.2) is 18.2 Å². The van der Waals surface area contributed by atoms with Crippen molar-refractivity contribution in [2.24, 2.45) is 0 Å². The van der Waals surface area contributed by atoms with Crippen LogP contribution in [-0.4, -0.2) is 23.7 Å². The Bertz CT molecular complexity index is 388. The molecule has 0 spiro atoms. The lowest BCUT2D eigenvalue weighted by Crippen LogP contribution is -2.35. The van der Waals surface area contributed by atoms with Crippen LogP contribution >= 0.6 is 0 Å². The number of hydrogen-bond acceptors (Lipinski definition) is 2. The predicted octanol–water partition coefficient (Wildman–Crippen LogP) is 2.19. The van der Waals surface area contributed by atoms with Crippen LogP contribution in [0, 0.1) is 13.8 Å². The molecule has 17 heavy (non-hydrogen) atoms. The van der Waals surface area contributed by atoms with Gasteiger partial charge < -0.3 is 10.4 Å². The smallest absolute Gasteiger partial charge is 0.251 e. The molecule has 0 saturated heterocycles. The summed E-state index contributed by atoms with van der Waals surface area (Å²) in [4.78, 5) is 12.1. The first-order valence-corrected chi connectivity index (χ1v) is 6.07. The summed E-state index contributed by atoms with van der Waals surface area (Å²) in [5, 5.41) is 11.9. The number of amides is 1. The number of aliphatic hydroxyl groups excluding tert-OH is 1. The van der Waals surface area contributed by atoms with Gasteiger partial charge in [-0.3, -0.25) is 4.79 Å². The molecule has 0 aliphatic carbocycles.